The average molecular weight is 955 g/mol. The number of aromatic nitrogens is 2. The van der Waals surface area contributed by atoms with Crippen molar-refractivity contribution >= 4 is 47.1 Å². The molecular formula is C42H66N8O17. The van der Waals surface area contributed by atoms with Gasteiger partial charge in [0, 0.05) is 40.6 Å². The number of hydrogen-bond donors (Lipinski definition) is 7. The van der Waals surface area contributed by atoms with Gasteiger partial charge in [-0.25, -0.2) is 4.79 Å². The maximum absolute atomic E-state index is 13.0. The Labute approximate surface area is 387 Å². The smallest absolute Gasteiger partial charge is 0.358 e. The Bertz CT molecular complexity index is 1900. The molecule has 0 aliphatic carbocycles. The van der Waals surface area contributed by atoms with Crippen molar-refractivity contribution in [3.8, 4) is 0 Å². The van der Waals surface area contributed by atoms with Crippen LogP contribution in [0, 0.1) is 11.8 Å². The molecule has 25 nitrogen and oxygen atoms in total. The van der Waals surface area contributed by atoms with Crippen molar-refractivity contribution in [2.24, 2.45) is 17.6 Å². The monoisotopic (exact) mass is 954 g/mol. The highest BCUT2D eigenvalue weighted by atomic mass is 16.6. The Hall–Kier alpha value is -5.70. The quantitative estimate of drug-likeness (QED) is 0.0517. The number of aromatic carboxylic acids is 1. The third kappa shape index (κ3) is 19.6. The Kier molecular flexibility index (Phi) is 23.8. The van der Waals surface area contributed by atoms with Gasteiger partial charge in [0.15, 0.2) is 23.0 Å². The van der Waals surface area contributed by atoms with E-state index in [1.54, 1.807) is 13.8 Å². The van der Waals surface area contributed by atoms with Gasteiger partial charge in [0.1, 0.15) is 47.9 Å². The zero-order valence-corrected chi connectivity index (χ0v) is 39.5. The van der Waals surface area contributed by atoms with Crippen LogP contribution in [-0.4, -0.2) is 178 Å². The molecule has 67 heavy (non-hydrogen) atoms. The predicted molar refractivity (Wildman–Crippen MR) is 232 cm³/mol. The lowest BCUT2D eigenvalue weighted by Gasteiger charge is -2.26. The molecule has 0 unspecified atom stereocenters. The summed E-state index contributed by atoms with van der Waals surface area (Å²) in [5.41, 5.74) is 3.85. The van der Waals surface area contributed by atoms with Gasteiger partial charge in [-0.15, -0.1) is 0 Å². The maximum Gasteiger partial charge on any atom is 0.358 e. The number of nitrogens with zero attached hydrogens (tertiary/aromatic N) is 2. The predicted octanol–water partition coefficient (Wildman–Crippen LogP) is -1.21. The van der Waals surface area contributed by atoms with Crippen molar-refractivity contribution in [1.82, 2.24) is 36.9 Å². The molecule has 4 rings (SSSR count). The second-order valence-electron chi connectivity index (χ2n) is 16.8. The third-order valence-electron chi connectivity index (χ3n) is 9.78. The number of carbonyl (C=O) groups is 8. The van der Waals surface area contributed by atoms with Crippen LogP contribution in [0.15, 0.2) is 33.7 Å². The molecule has 0 spiro atoms. The molecule has 25 heteroatoms. The number of carbonyl (C=O) groups excluding carboxylic acids is 7. The number of nitrogens with one attached hydrogen (secondary N) is 5. The van der Waals surface area contributed by atoms with Gasteiger partial charge in [0.2, 0.25) is 23.6 Å². The fraction of sp³-hybridized carbons (Fsp3) is 0.667. The molecule has 5 amide bonds. The van der Waals surface area contributed by atoms with E-state index in [4.69, 9.17) is 39.3 Å². The summed E-state index contributed by atoms with van der Waals surface area (Å²) in [4.78, 5) is 98.0. The number of rotatable bonds is 27. The van der Waals surface area contributed by atoms with E-state index in [1.807, 2.05) is 27.7 Å². The molecule has 2 aliphatic heterocycles. The van der Waals surface area contributed by atoms with Crippen LogP contribution in [0.5, 0.6) is 0 Å². The second-order valence-corrected chi connectivity index (χ2v) is 16.8. The Morgan fingerprint density at radius 3 is 1.24 bits per heavy atom. The van der Waals surface area contributed by atoms with Gasteiger partial charge in [-0.1, -0.05) is 38.0 Å². The van der Waals surface area contributed by atoms with E-state index in [0.29, 0.717) is 26.1 Å². The standard InChI is InChI=1S/C21H32N4O8.C17H31N3O6.C4H3NO3/c1-12(2)8-14(17(26)21(3)11-32-21)22-19(28)15(9-30-4)24-20(29)16(10-31-5)23-18(27)13-6-7-33-25-13;1-10(2)6-12(14(21)17(3)9-26-17)19-16(23)13(8-25-5)20-15(22)11(18)7-24-4;6-4(7)3-1-2-8-5-3/h6-7,12,14-16H,8-11H2,1-5H3,(H,22,28)(H,23,27)(H,24,29);10-13H,6-9,18H2,1-5H3,(H,19,23)(H,20,22);1-2H,(H,6,7)/t14-,15-,16-,21+;11-,12-,13-,17+;/m00./s1. The first-order valence-electron chi connectivity index (χ1n) is 21.2. The summed E-state index contributed by atoms with van der Waals surface area (Å²) in [5.74, 6) is -4.08. The van der Waals surface area contributed by atoms with E-state index in [-0.39, 0.29) is 61.2 Å². The Morgan fingerprint density at radius 2 is 0.940 bits per heavy atom. The lowest BCUT2D eigenvalue weighted by atomic mass is 9.93. The summed E-state index contributed by atoms with van der Waals surface area (Å²) < 4.78 is 39.3. The van der Waals surface area contributed by atoms with Crippen molar-refractivity contribution < 1.29 is 80.9 Å². The van der Waals surface area contributed by atoms with Crippen LogP contribution < -0.4 is 32.3 Å². The van der Waals surface area contributed by atoms with E-state index in [2.05, 4.69) is 45.9 Å². The molecule has 8 N–H and O–H groups in total. The second kappa shape index (κ2) is 27.8. The highest BCUT2D eigenvalue weighted by molar-refractivity contribution is 6.00. The topological polar surface area (TPSA) is 357 Å². The first kappa shape index (κ1) is 57.4. The first-order valence-corrected chi connectivity index (χ1v) is 21.2. The molecule has 2 aromatic rings. The average Bonchev–Trinajstić information content (AvgIpc) is 3.98. The minimum Gasteiger partial charge on any atom is -0.476 e. The van der Waals surface area contributed by atoms with Gasteiger partial charge in [-0.3, -0.25) is 33.6 Å². The zero-order valence-electron chi connectivity index (χ0n) is 39.5. The minimum absolute atomic E-state index is 0.0130. The third-order valence-corrected chi connectivity index (χ3v) is 9.78. The largest absolute Gasteiger partial charge is 0.476 e. The highest BCUT2D eigenvalue weighted by Gasteiger charge is 2.51. The summed E-state index contributed by atoms with van der Waals surface area (Å²) in [6.07, 6.45) is 3.32. The molecule has 2 aliphatic rings. The fourth-order valence-corrected chi connectivity index (χ4v) is 5.93. The number of Topliss-reactive ketones (excluding diaryl/α,β-unsaturated/α-hetero) is 2. The number of nitrogens with two attached hydrogens (primary N) is 1. The molecule has 2 saturated heterocycles. The van der Waals surface area contributed by atoms with Crippen molar-refractivity contribution in [1.29, 1.82) is 0 Å². The van der Waals surface area contributed by atoms with Gasteiger partial charge in [-0.2, -0.15) is 0 Å². The molecule has 0 aromatic carbocycles. The number of epoxide rings is 2. The minimum atomic E-state index is -1.11. The molecule has 2 fully saturated rings. The molecule has 0 saturated carbocycles. The summed E-state index contributed by atoms with van der Waals surface area (Å²) in [5, 5.41) is 27.8. The zero-order chi connectivity index (χ0) is 50.5. The maximum atomic E-state index is 13.0. The molecule has 2 aromatic heterocycles. The van der Waals surface area contributed by atoms with Crippen LogP contribution in [0.2, 0.25) is 0 Å². The number of methoxy groups -OCH3 is 4. The molecule has 8 atom stereocenters. The van der Waals surface area contributed by atoms with Gasteiger partial charge in [-0.05, 0) is 38.5 Å². The van der Waals surface area contributed by atoms with Gasteiger partial charge in [0.25, 0.3) is 5.91 Å². The van der Waals surface area contributed by atoms with E-state index >= 15 is 0 Å². The van der Waals surface area contributed by atoms with Crippen molar-refractivity contribution in [3.05, 3.63) is 36.0 Å². The van der Waals surface area contributed by atoms with Crippen LogP contribution in [-0.2, 0) is 57.2 Å². The van der Waals surface area contributed by atoms with Gasteiger partial charge >= 0.3 is 5.97 Å². The first-order chi connectivity index (χ1) is 31.6. The van der Waals surface area contributed by atoms with E-state index < -0.39 is 83.0 Å². The van der Waals surface area contributed by atoms with Crippen molar-refractivity contribution in [3.63, 3.8) is 0 Å². The molecule has 4 heterocycles. The summed E-state index contributed by atoms with van der Waals surface area (Å²) in [6, 6.07) is -2.94. The number of carboxylic acid groups (broad SMARTS) is 1. The Balaban J connectivity index is 0.000000401. The van der Waals surface area contributed by atoms with Crippen LogP contribution in [0.4, 0.5) is 0 Å². The van der Waals surface area contributed by atoms with Crippen molar-refractivity contribution in [2.75, 3.05) is 68.1 Å². The lowest BCUT2D eigenvalue weighted by molar-refractivity contribution is -0.134. The number of ether oxygens (including phenoxy) is 6. The lowest BCUT2D eigenvalue weighted by Crippen LogP contribution is -2.58. The normalized spacial score (nSPS) is 19.6. The number of hydrogen-bond acceptors (Lipinski definition) is 19. The van der Waals surface area contributed by atoms with Crippen LogP contribution in [0.1, 0.15) is 75.4 Å². The molecule has 0 radical (unpaired) electrons. The summed E-state index contributed by atoms with van der Waals surface area (Å²) >= 11 is 0. The van der Waals surface area contributed by atoms with Crippen LogP contribution in [0.3, 0.4) is 0 Å². The van der Waals surface area contributed by atoms with Gasteiger partial charge in [0.05, 0.1) is 51.7 Å². The van der Waals surface area contributed by atoms with Gasteiger partial charge < -0.3 is 74.9 Å². The van der Waals surface area contributed by atoms with E-state index in [0.717, 1.165) is 0 Å². The summed E-state index contributed by atoms with van der Waals surface area (Å²) in [6.45, 7) is 11.5. The highest BCUT2D eigenvalue weighted by Crippen LogP contribution is 2.30. The number of amides is 5. The molecular weight excluding hydrogens is 889 g/mol. The Morgan fingerprint density at radius 1 is 0.597 bits per heavy atom. The number of carboxylic acids is 1. The molecule has 376 valence electrons. The number of ketones is 2. The molecule has 0 bridgehead atoms. The van der Waals surface area contributed by atoms with E-state index in [9.17, 15) is 38.4 Å². The summed E-state index contributed by atoms with van der Waals surface area (Å²) in [7, 11) is 5.58. The van der Waals surface area contributed by atoms with Crippen LogP contribution in [0.25, 0.3) is 0 Å². The fourth-order valence-electron chi connectivity index (χ4n) is 5.93. The van der Waals surface area contributed by atoms with Crippen LogP contribution >= 0.6 is 0 Å². The SMILES string of the molecule is COC[C@H](NC(=O)[C@@H](N)COC)C(=O)N[C@@H](CC(C)C)C(=O)[C@@]1(C)CO1.COC[C@H](NC(=O)c1ccon1)C(=O)N[C@@H](COC)C(=O)N[C@@H](CC(C)C)C(=O)[C@@]1(C)CO1.O=C(O)c1ccon1. The van der Waals surface area contributed by atoms with E-state index in [1.165, 1.54) is 53.1 Å². The van der Waals surface area contributed by atoms with Crippen molar-refractivity contribution in [2.45, 2.75) is 102 Å².